The van der Waals surface area contributed by atoms with E-state index in [0.29, 0.717) is 26.1 Å². The van der Waals surface area contributed by atoms with Crippen LogP contribution < -0.4 is 5.32 Å². The number of hydrogen-bond acceptors (Lipinski definition) is 3. The van der Waals surface area contributed by atoms with Gasteiger partial charge >= 0.3 is 0 Å². The predicted molar refractivity (Wildman–Crippen MR) is 82.5 cm³/mol. The highest BCUT2D eigenvalue weighted by Gasteiger charge is 2.37. The number of aromatic hydroxyl groups is 1. The maximum absolute atomic E-state index is 13.3. The minimum atomic E-state index is -0.534. The maximum atomic E-state index is 13.3. The number of carbonyl (C=O) groups is 2. The van der Waals surface area contributed by atoms with Gasteiger partial charge in [-0.2, -0.15) is 0 Å². The van der Waals surface area contributed by atoms with E-state index >= 15 is 0 Å². The van der Waals surface area contributed by atoms with Crippen LogP contribution in [0.4, 0.5) is 4.39 Å². The van der Waals surface area contributed by atoms with E-state index in [1.807, 2.05) is 0 Å². The molecular weight excluding hydrogens is 299 g/mol. The van der Waals surface area contributed by atoms with Crippen LogP contribution in [-0.2, 0) is 4.79 Å². The van der Waals surface area contributed by atoms with Crippen molar-refractivity contribution in [3.63, 3.8) is 0 Å². The lowest BCUT2D eigenvalue weighted by atomic mass is 9.73. The summed E-state index contributed by atoms with van der Waals surface area (Å²) in [6.45, 7) is 1.84. The van der Waals surface area contributed by atoms with Crippen LogP contribution in [0.5, 0.6) is 5.75 Å². The molecule has 2 saturated heterocycles. The molecule has 2 fully saturated rings. The summed E-state index contributed by atoms with van der Waals surface area (Å²) in [6.07, 6.45) is 4.00. The van der Waals surface area contributed by atoms with E-state index in [0.717, 1.165) is 37.8 Å². The van der Waals surface area contributed by atoms with Gasteiger partial charge in [-0.3, -0.25) is 9.59 Å². The first-order chi connectivity index (χ1) is 11.0. The van der Waals surface area contributed by atoms with Crippen LogP contribution in [0.1, 0.15) is 42.5 Å². The monoisotopic (exact) mass is 320 g/mol. The van der Waals surface area contributed by atoms with Crippen LogP contribution in [0.2, 0.25) is 0 Å². The molecule has 3 rings (SSSR count). The van der Waals surface area contributed by atoms with Gasteiger partial charge < -0.3 is 15.3 Å². The summed E-state index contributed by atoms with van der Waals surface area (Å²) >= 11 is 0. The molecule has 0 radical (unpaired) electrons. The topological polar surface area (TPSA) is 69.6 Å². The van der Waals surface area contributed by atoms with Crippen molar-refractivity contribution in [1.29, 1.82) is 0 Å². The Morgan fingerprint density at radius 3 is 2.70 bits per heavy atom. The van der Waals surface area contributed by atoms with Crippen LogP contribution in [0, 0.1) is 11.2 Å². The summed E-state index contributed by atoms with van der Waals surface area (Å²) in [4.78, 5) is 25.7. The summed E-state index contributed by atoms with van der Waals surface area (Å²) in [7, 11) is 0. The SMILES string of the molecule is O=C1CCC2(CCN1)CCN(C(=O)c1cc(F)ccc1O)CC2. The fourth-order valence-corrected chi connectivity index (χ4v) is 3.59. The standard InChI is InChI=1S/C17H21FN2O3/c18-12-1-2-14(21)13(11-12)16(23)20-9-6-17(7-10-20)4-3-15(22)19-8-5-17/h1-2,11,21H,3-10H2,(H,19,22). The van der Waals surface area contributed by atoms with Gasteiger partial charge in [0.2, 0.25) is 5.91 Å². The third-order valence-corrected chi connectivity index (χ3v) is 5.16. The second kappa shape index (κ2) is 6.18. The lowest BCUT2D eigenvalue weighted by molar-refractivity contribution is -0.121. The first-order valence-electron chi connectivity index (χ1n) is 8.04. The van der Waals surface area contributed by atoms with Gasteiger partial charge in [0.25, 0.3) is 5.91 Å². The van der Waals surface area contributed by atoms with Gasteiger partial charge in [-0.15, -0.1) is 0 Å². The van der Waals surface area contributed by atoms with E-state index in [4.69, 9.17) is 0 Å². The fraction of sp³-hybridized carbons (Fsp3) is 0.529. The molecule has 23 heavy (non-hydrogen) atoms. The molecule has 1 aromatic carbocycles. The molecule has 0 unspecified atom stereocenters. The number of hydrogen-bond donors (Lipinski definition) is 2. The molecule has 0 bridgehead atoms. The van der Waals surface area contributed by atoms with Crippen molar-refractivity contribution >= 4 is 11.8 Å². The van der Waals surface area contributed by atoms with Crippen molar-refractivity contribution < 1.29 is 19.1 Å². The first-order valence-corrected chi connectivity index (χ1v) is 8.04. The van der Waals surface area contributed by atoms with Crippen molar-refractivity contribution in [2.75, 3.05) is 19.6 Å². The number of phenolic OH excluding ortho intramolecular Hbond substituents is 1. The molecule has 2 aliphatic heterocycles. The van der Waals surface area contributed by atoms with Gasteiger partial charge in [-0.05, 0) is 49.3 Å². The second-order valence-corrected chi connectivity index (χ2v) is 6.55. The molecule has 2 amide bonds. The zero-order valence-electron chi connectivity index (χ0n) is 13.0. The van der Waals surface area contributed by atoms with Gasteiger partial charge in [-0.25, -0.2) is 4.39 Å². The Hall–Kier alpha value is -2.11. The highest BCUT2D eigenvalue weighted by Crippen LogP contribution is 2.40. The Morgan fingerprint density at radius 2 is 1.96 bits per heavy atom. The molecule has 1 aromatic rings. The Balaban J connectivity index is 1.67. The number of halogens is 1. The number of carbonyl (C=O) groups excluding carboxylic acids is 2. The lowest BCUT2D eigenvalue weighted by Gasteiger charge is -2.41. The van der Waals surface area contributed by atoms with Gasteiger partial charge in [0.15, 0.2) is 0 Å². The molecule has 124 valence electrons. The summed E-state index contributed by atoms with van der Waals surface area (Å²) in [5.41, 5.74) is 0.124. The minimum Gasteiger partial charge on any atom is -0.507 e. The van der Waals surface area contributed by atoms with Crippen LogP contribution in [0.3, 0.4) is 0 Å². The number of rotatable bonds is 1. The van der Waals surface area contributed by atoms with Crippen molar-refractivity contribution in [1.82, 2.24) is 10.2 Å². The lowest BCUT2D eigenvalue weighted by Crippen LogP contribution is -2.43. The van der Waals surface area contributed by atoms with E-state index in [-0.39, 0.29) is 28.5 Å². The largest absolute Gasteiger partial charge is 0.507 e. The van der Waals surface area contributed by atoms with Gasteiger partial charge in [0, 0.05) is 26.1 Å². The van der Waals surface area contributed by atoms with Crippen LogP contribution in [0.25, 0.3) is 0 Å². The summed E-state index contributed by atoms with van der Waals surface area (Å²) < 4.78 is 13.3. The predicted octanol–water partition coefficient (Wildman–Crippen LogP) is 2.05. The summed E-state index contributed by atoms with van der Waals surface area (Å²) in [5, 5.41) is 12.7. The molecular formula is C17H21FN2O3. The van der Waals surface area contributed by atoms with Gasteiger partial charge in [0.05, 0.1) is 5.56 Å². The number of piperidine rings is 1. The third-order valence-electron chi connectivity index (χ3n) is 5.16. The Kier molecular flexibility index (Phi) is 4.24. The zero-order chi connectivity index (χ0) is 16.4. The number of amides is 2. The number of nitrogens with zero attached hydrogens (tertiary/aromatic N) is 1. The fourth-order valence-electron chi connectivity index (χ4n) is 3.59. The Labute approximate surface area is 134 Å². The molecule has 0 aliphatic carbocycles. The number of likely N-dealkylation sites (tertiary alicyclic amines) is 1. The van der Waals surface area contributed by atoms with E-state index in [2.05, 4.69) is 5.32 Å². The number of nitrogens with one attached hydrogen (secondary N) is 1. The first kappa shape index (κ1) is 15.8. The maximum Gasteiger partial charge on any atom is 0.257 e. The molecule has 0 saturated carbocycles. The van der Waals surface area contributed by atoms with E-state index < -0.39 is 5.82 Å². The summed E-state index contributed by atoms with van der Waals surface area (Å²) in [5.74, 6) is -0.960. The van der Waals surface area contributed by atoms with Crippen molar-refractivity contribution in [2.45, 2.75) is 32.1 Å². The molecule has 6 heteroatoms. The third kappa shape index (κ3) is 3.30. The zero-order valence-corrected chi connectivity index (χ0v) is 13.0. The highest BCUT2D eigenvalue weighted by atomic mass is 19.1. The summed E-state index contributed by atoms with van der Waals surface area (Å²) in [6, 6.07) is 3.42. The van der Waals surface area contributed by atoms with Crippen molar-refractivity contribution in [3.8, 4) is 5.75 Å². The minimum absolute atomic E-state index is 0.0126. The number of phenols is 1. The average Bonchev–Trinajstić information content (AvgIpc) is 2.72. The molecule has 2 heterocycles. The van der Waals surface area contributed by atoms with Crippen molar-refractivity contribution in [3.05, 3.63) is 29.6 Å². The molecule has 2 N–H and O–H groups in total. The quantitative estimate of drug-likeness (QED) is 0.832. The van der Waals surface area contributed by atoms with Crippen LogP contribution in [-0.4, -0.2) is 41.5 Å². The van der Waals surface area contributed by atoms with Crippen molar-refractivity contribution in [2.24, 2.45) is 5.41 Å². The molecule has 5 nitrogen and oxygen atoms in total. The molecule has 0 atom stereocenters. The van der Waals surface area contributed by atoms with E-state index in [9.17, 15) is 19.1 Å². The molecule has 0 aromatic heterocycles. The normalized spacial score (nSPS) is 20.9. The van der Waals surface area contributed by atoms with Crippen LogP contribution >= 0.6 is 0 Å². The smallest absolute Gasteiger partial charge is 0.257 e. The molecule has 1 spiro atoms. The van der Waals surface area contributed by atoms with Gasteiger partial charge in [-0.1, -0.05) is 0 Å². The second-order valence-electron chi connectivity index (χ2n) is 6.55. The molecule has 2 aliphatic rings. The van der Waals surface area contributed by atoms with Gasteiger partial charge in [0.1, 0.15) is 11.6 Å². The average molecular weight is 320 g/mol. The highest BCUT2D eigenvalue weighted by molar-refractivity contribution is 5.96. The Bertz CT molecular complexity index is 624. The van der Waals surface area contributed by atoms with E-state index in [1.54, 1.807) is 4.90 Å². The van der Waals surface area contributed by atoms with E-state index in [1.165, 1.54) is 6.07 Å². The Morgan fingerprint density at radius 1 is 1.22 bits per heavy atom. The van der Waals surface area contributed by atoms with Crippen LogP contribution in [0.15, 0.2) is 18.2 Å². The number of benzene rings is 1.